The van der Waals surface area contributed by atoms with Gasteiger partial charge in [-0.25, -0.2) is 0 Å². The van der Waals surface area contributed by atoms with Crippen LogP contribution in [-0.4, -0.2) is 12.7 Å². The molecule has 1 saturated carbocycles. The van der Waals surface area contributed by atoms with Crippen LogP contribution in [0.2, 0.25) is 0 Å². The molecule has 2 heteroatoms. The van der Waals surface area contributed by atoms with Gasteiger partial charge in [-0.15, -0.1) is 0 Å². The molecular formula is C16H21ClO. The highest BCUT2D eigenvalue weighted by atomic mass is 35.5. The highest BCUT2D eigenvalue weighted by Crippen LogP contribution is 2.34. The lowest BCUT2D eigenvalue weighted by Crippen LogP contribution is -2.20. The molecular weight excluding hydrogens is 244 g/mol. The molecule has 0 unspecified atom stereocenters. The van der Waals surface area contributed by atoms with Crippen LogP contribution in [0.3, 0.4) is 0 Å². The van der Waals surface area contributed by atoms with Crippen molar-refractivity contribution in [2.75, 3.05) is 6.61 Å². The number of ether oxygens (including phenoxy) is 1. The van der Waals surface area contributed by atoms with E-state index < -0.39 is 0 Å². The molecule has 0 spiro atoms. The summed E-state index contributed by atoms with van der Waals surface area (Å²) in [4.78, 5) is 0. The maximum absolute atomic E-state index is 5.76. The molecule has 18 heavy (non-hydrogen) atoms. The van der Waals surface area contributed by atoms with Gasteiger partial charge in [0.25, 0.3) is 0 Å². The van der Waals surface area contributed by atoms with Crippen LogP contribution >= 0.6 is 11.6 Å². The third kappa shape index (κ3) is 3.86. The van der Waals surface area contributed by atoms with Crippen molar-refractivity contribution in [1.82, 2.24) is 0 Å². The molecule has 0 saturated heterocycles. The number of benzene rings is 1. The van der Waals surface area contributed by atoms with E-state index in [1.54, 1.807) is 0 Å². The number of aryl methyl sites for hydroxylation is 1. The van der Waals surface area contributed by atoms with Gasteiger partial charge in [0.15, 0.2) is 0 Å². The molecule has 98 valence electrons. The smallest absolute Gasteiger partial charge is 0.0662 e. The summed E-state index contributed by atoms with van der Waals surface area (Å²) in [5, 5.41) is 0. The number of rotatable bonds is 4. The average Bonchev–Trinajstić information content (AvgIpc) is 2.41. The van der Waals surface area contributed by atoms with E-state index in [-0.39, 0.29) is 0 Å². The maximum Gasteiger partial charge on any atom is 0.0662 e. The second-order valence-electron chi connectivity index (χ2n) is 5.08. The summed E-state index contributed by atoms with van der Waals surface area (Å²) in [6.07, 6.45) is 7.06. The topological polar surface area (TPSA) is 9.23 Å². The third-order valence-corrected chi connectivity index (χ3v) is 3.92. The first-order valence-corrected chi connectivity index (χ1v) is 7.16. The van der Waals surface area contributed by atoms with Crippen LogP contribution in [0.15, 0.2) is 35.9 Å². The lowest BCUT2D eigenvalue weighted by molar-refractivity contribution is 0.0423. The van der Waals surface area contributed by atoms with Crippen molar-refractivity contribution in [3.8, 4) is 0 Å². The number of halogens is 1. The summed E-state index contributed by atoms with van der Waals surface area (Å²) in [6, 6.07) is 8.97. The first-order chi connectivity index (χ1) is 8.79. The monoisotopic (exact) mass is 264 g/mol. The molecule has 2 rings (SSSR count). The Balaban J connectivity index is 1.81. The van der Waals surface area contributed by atoms with Gasteiger partial charge in [0.05, 0.1) is 12.7 Å². The fourth-order valence-corrected chi connectivity index (χ4v) is 2.70. The van der Waals surface area contributed by atoms with Gasteiger partial charge in [0.2, 0.25) is 0 Å². The Morgan fingerprint density at radius 1 is 1.17 bits per heavy atom. The minimum absolute atomic E-state index is 0.416. The molecule has 0 bridgehead atoms. The zero-order valence-corrected chi connectivity index (χ0v) is 11.7. The van der Waals surface area contributed by atoms with Crippen molar-refractivity contribution in [3.63, 3.8) is 0 Å². The molecule has 1 nitrogen and oxygen atoms in total. The Kier molecular flexibility index (Phi) is 5.27. The summed E-state index contributed by atoms with van der Waals surface area (Å²) in [6.45, 7) is 2.78. The van der Waals surface area contributed by atoms with Crippen molar-refractivity contribution in [1.29, 1.82) is 0 Å². The van der Waals surface area contributed by atoms with Crippen molar-refractivity contribution < 1.29 is 4.74 Å². The van der Waals surface area contributed by atoms with E-state index in [2.05, 4.69) is 31.2 Å². The van der Waals surface area contributed by atoms with E-state index in [4.69, 9.17) is 16.3 Å². The maximum atomic E-state index is 5.76. The molecule has 0 aromatic heterocycles. The summed E-state index contributed by atoms with van der Waals surface area (Å²) < 4.78 is 5.76. The highest BCUT2D eigenvalue weighted by molar-refractivity contribution is 6.25. The molecule has 1 aliphatic carbocycles. The summed E-state index contributed by atoms with van der Waals surface area (Å²) in [5.74, 6) is 0.717. The molecule has 0 heterocycles. The van der Waals surface area contributed by atoms with E-state index >= 15 is 0 Å². The lowest BCUT2D eigenvalue weighted by atomic mass is 9.82. The molecule has 0 aliphatic heterocycles. The normalized spacial score (nSPS) is 24.6. The van der Waals surface area contributed by atoms with Gasteiger partial charge in [-0.05, 0) is 50.2 Å². The van der Waals surface area contributed by atoms with E-state index in [9.17, 15) is 0 Å². The first-order valence-electron chi connectivity index (χ1n) is 6.73. The van der Waals surface area contributed by atoms with Crippen molar-refractivity contribution in [3.05, 3.63) is 47.0 Å². The average molecular weight is 265 g/mol. The third-order valence-electron chi connectivity index (χ3n) is 3.74. The van der Waals surface area contributed by atoms with Crippen LogP contribution in [0.5, 0.6) is 0 Å². The largest absolute Gasteiger partial charge is 0.374 e. The first kappa shape index (κ1) is 13.6. The van der Waals surface area contributed by atoms with Gasteiger partial charge in [-0.1, -0.05) is 41.4 Å². The Morgan fingerprint density at radius 3 is 2.44 bits per heavy atom. The zero-order chi connectivity index (χ0) is 12.8. The van der Waals surface area contributed by atoms with Crippen LogP contribution in [0.25, 0.3) is 0 Å². The van der Waals surface area contributed by atoms with Crippen LogP contribution in [-0.2, 0) is 4.74 Å². The van der Waals surface area contributed by atoms with Gasteiger partial charge in [-0.3, -0.25) is 0 Å². The minimum atomic E-state index is 0.416. The minimum Gasteiger partial charge on any atom is -0.374 e. The Hall–Kier alpha value is -0.790. The summed E-state index contributed by atoms with van der Waals surface area (Å²) >= 11 is 5.47. The molecule has 0 radical (unpaired) electrons. The lowest BCUT2D eigenvalue weighted by Gasteiger charge is -2.28. The predicted molar refractivity (Wildman–Crippen MR) is 77.1 cm³/mol. The van der Waals surface area contributed by atoms with Gasteiger partial charge in [-0.2, -0.15) is 0 Å². The van der Waals surface area contributed by atoms with E-state index in [1.165, 1.54) is 29.5 Å². The van der Waals surface area contributed by atoms with Gasteiger partial charge >= 0.3 is 0 Å². The molecule has 1 aliphatic rings. The standard InChI is InChI=1S/C16H21ClO/c1-13-3-5-14(6-4-13)15-7-9-16(10-8-15)18-12-2-11-17/h2-6,11,15-16H,7-10,12H2,1H3. The molecule has 1 aromatic rings. The van der Waals surface area contributed by atoms with Crippen molar-refractivity contribution in [2.45, 2.75) is 44.6 Å². The Labute approximate surface area is 115 Å². The Morgan fingerprint density at radius 2 is 1.83 bits per heavy atom. The van der Waals surface area contributed by atoms with Crippen molar-refractivity contribution >= 4 is 11.6 Å². The van der Waals surface area contributed by atoms with Gasteiger partial charge < -0.3 is 4.74 Å². The molecule has 0 N–H and O–H groups in total. The van der Waals surface area contributed by atoms with Crippen LogP contribution < -0.4 is 0 Å². The number of hydrogen-bond acceptors (Lipinski definition) is 1. The van der Waals surface area contributed by atoms with E-state index in [1.807, 2.05) is 6.08 Å². The predicted octanol–water partition coefficient (Wildman–Crippen LogP) is 4.79. The SMILES string of the molecule is Cc1ccc(C2CCC(OCC=CCl)CC2)cc1. The fraction of sp³-hybridized carbons (Fsp3) is 0.500. The van der Waals surface area contributed by atoms with Crippen LogP contribution in [0.4, 0.5) is 0 Å². The summed E-state index contributed by atoms with van der Waals surface area (Å²) in [5.41, 5.74) is 4.35. The Bertz CT molecular complexity index is 375. The molecule has 1 fully saturated rings. The van der Waals surface area contributed by atoms with Crippen LogP contribution in [0.1, 0.15) is 42.7 Å². The zero-order valence-electron chi connectivity index (χ0n) is 10.9. The van der Waals surface area contributed by atoms with Gasteiger partial charge in [0, 0.05) is 5.54 Å². The molecule has 0 amide bonds. The molecule has 1 aromatic carbocycles. The van der Waals surface area contributed by atoms with Crippen molar-refractivity contribution in [2.24, 2.45) is 0 Å². The number of hydrogen-bond donors (Lipinski definition) is 0. The molecule has 0 atom stereocenters. The second-order valence-corrected chi connectivity index (χ2v) is 5.33. The fourth-order valence-electron chi connectivity index (χ4n) is 2.63. The highest BCUT2D eigenvalue weighted by Gasteiger charge is 2.22. The van der Waals surface area contributed by atoms with Crippen LogP contribution in [0, 0.1) is 6.92 Å². The quantitative estimate of drug-likeness (QED) is 0.760. The van der Waals surface area contributed by atoms with Gasteiger partial charge in [0.1, 0.15) is 0 Å². The second kappa shape index (κ2) is 6.96. The van der Waals surface area contributed by atoms with E-state index in [0.29, 0.717) is 18.6 Å². The summed E-state index contributed by atoms with van der Waals surface area (Å²) in [7, 11) is 0. The van der Waals surface area contributed by atoms with E-state index in [0.717, 1.165) is 12.8 Å².